The molecule has 0 bridgehead atoms. The van der Waals surface area contributed by atoms with E-state index < -0.39 is 6.10 Å². The van der Waals surface area contributed by atoms with Crippen LogP contribution in [0.25, 0.3) is 0 Å². The van der Waals surface area contributed by atoms with Crippen LogP contribution in [-0.4, -0.2) is 35.9 Å². The van der Waals surface area contributed by atoms with Gasteiger partial charge in [0.15, 0.2) is 6.10 Å². The molecule has 1 N–H and O–H groups in total. The lowest BCUT2D eigenvalue weighted by atomic mass is 9.87. The van der Waals surface area contributed by atoms with Crippen molar-refractivity contribution in [2.75, 3.05) is 13.1 Å². The van der Waals surface area contributed by atoms with Crippen molar-refractivity contribution in [3.63, 3.8) is 0 Å². The summed E-state index contributed by atoms with van der Waals surface area (Å²) in [4.78, 5) is 27.7. The largest absolute Gasteiger partial charge is 0.481 e. The summed E-state index contributed by atoms with van der Waals surface area (Å²) >= 11 is 0. The highest BCUT2D eigenvalue weighted by Crippen LogP contribution is 2.38. The first-order valence-corrected chi connectivity index (χ1v) is 11.9. The molecule has 2 aromatic carbocycles. The molecule has 0 radical (unpaired) electrons. The molecule has 33 heavy (non-hydrogen) atoms. The molecule has 0 saturated carbocycles. The second-order valence-corrected chi connectivity index (χ2v) is 9.16. The Kier molecular flexibility index (Phi) is 8.32. The lowest BCUT2D eigenvalue weighted by molar-refractivity contribution is -0.134. The van der Waals surface area contributed by atoms with Crippen molar-refractivity contribution in [1.82, 2.24) is 10.2 Å². The number of aryl methyl sites for hydroxylation is 1. The Morgan fingerprint density at radius 2 is 1.94 bits per heavy atom. The van der Waals surface area contributed by atoms with Crippen molar-refractivity contribution < 1.29 is 14.3 Å². The highest BCUT2D eigenvalue weighted by Gasteiger charge is 2.32. The zero-order valence-electron chi connectivity index (χ0n) is 20.3. The maximum Gasteiger partial charge on any atom is 0.261 e. The lowest BCUT2D eigenvalue weighted by Gasteiger charge is -2.38. The monoisotopic (exact) mass is 448 g/mol. The molecule has 2 aromatic rings. The molecule has 1 aliphatic heterocycles. The molecule has 0 aromatic heterocycles. The third kappa shape index (κ3) is 6.04. The molecule has 0 saturated heterocycles. The molecule has 5 heteroatoms. The number of rotatable bonds is 9. The van der Waals surface area contributed by atoms with Crippen LogP contribution in [0.5, 0.6) is 5.75 Å². The number of carbonyl (C=O) groups excluding carboxylic acids is 2. The van der Waals surface area contributed by atoms with Crippen molar-refractivity contribution >= 4 is 11.8 Å². The van der Waals surface area contributed by atoms with E-state index in [4.69, 9.17) is 4.74 Å². The van der Waals surface area contributed by atoms with Crippen LogP contribution in [0.15, 0.2) is 55.1 Å². The van der Waals surface area contributed by atoms with Crippen LogP contribution in [-0.2, 0) is 16.0 Å². The van der Waals surface area contributed by atoms with Gasteiger partial charge in [0.05, 0.1) is 6.04 Å². The number of nitrogens with zero attached hydrogens (tertiary/aromatic N) is 1. The molecule has 3 rings (SSSR count). The third-order valence-corrected chi connectivity index (χ3v) is 6.00. The molecular formula is C28H36N2O3. The average Bonchev–Trinajstić information content (AvgIpc) is 2.80. The molecule has 0 fully saturated rings. The van der Waals surface area contributed by atoms with E-state index in [1.807, 2.05) is 24.0 Å². The van der Waals surface area contributed by atoms with Gasteiger partial charge in [-0.1, -0.05) is 62.7 Å². The standard InChI is InChI=1S/C28H36N2O3/c1-6-15-29-28(32)25(7-2)33-23-13-12-21-14-16-30(26(31)17-19(3)4)27(24(21)18-23)22-10-8-20(5)9-11-22/h6,8-13,18-19,25,27H,1,7,14-17H2,2-5H3,(H,29,32)/t25-,27-/m0/s1. The number of hydrogen-bond acceptors (Lipinski definition) is 3. The first-order chi connectivity index (χ1) is 15.8. The molecule has 0 aliphatic carbocycles. The van der Waals surface area contributed by atoms with Crippen LogP contribution in [0.4, 0.5) is 0 Å². The molecule has 5 nitrogen and oxygen atoms in total. The van der Waals surface area contributed by atoms with Crippen molar-refractivity contribution in [2.45, 2.75) is 59.1 Å². The highest BCUT2D eigenvalue weighted by atomic mass is 16.5. The minimum absolute atomic E-state index is 0.154. The fraction of sp³-hybridized carbons (Fsp3) is 0.429. The summed E-state index contributed by atoms with van der Waals surface area (Å²) in [6, 6.07) is 14.2. The molecular weight excluding hydrogens is 412 g/mol. The van der Waals surface area contributed by atoms with Gasteiger partial charge in [0, 0.05) is 19.5 Å². The van der Waals surface area contributed by atoms with Gasteiger partial charge in [-0.2, -0.15) is 0 Å². The minimum atomic E-state index is -0.580. The molecule has 2 atom stereocenters. The third-order valence-electron chi connectivity index (χ3n) is 6.00. The zero-order valence-corrected chi connectivity index (χ0v) is 20.3. The molecule has 2 amide bonds. The topological polar surface area (TPSA) is 58.6 Å². The molecule has 1 aliphatic rings. The Morgan fingerprint density at radius 3 is 2.58 bits per heavy atom. The number of carbonyl (C=O) groups is 2. The number of benzene rings is 2. The van der Waals surface area contributed by atoms with Crippen LogP contribution in [0, 0.1) is 12.8 Å². The molecule has 176 valence electrons. The van der Waals surface area contributed by atoms with Gasteiger partial charge in [-0.15, -0.1) is 6.58 Å². The number of fused-ring (bicyclic) bond motifs is 1. The fourth-order valence-electron chi connectivity index (χ4n) is 4.28. The quantitative estimate of drug-likeness (QED) is 0.551. The Balaban J connectivity index is 1.97. The number of ether oxygens (including phenoxy) is 1. The van der Waals surface area contributed by atoms with Crippen molar-refractivity contribution in [2.24, 2.45) is 5.92 Å². The van der Waals surface area contributed by atoms with Gasteiger partial charge in [0.1, 0.15) is 5.75 Å². The molecule has 1 heterocycles. The summed E-state index contributed by atoms with van der Waals surface area (Å²) in [5.41, 5.74) is 4.56. The zero-order chi connectivity index (χ0) is 24.0. The van der Waals surface area contributed by atoms with Gasteiger partial charge in [-0.3, -0.25) is 9.59 Å². The second kappa shape index (κ2) is 11.2. The van der Waals surface area contributed by atoms with Gasteiger partial charge < -0.3 is 15.0 Å². The lowest BCUT2D eigenvalue weighted by Crippen LogP contribution is -2.41. The maximum absolute atomic E-state index is 13.2. The van der Waals surface area contributed by atoms with Crippen molar-refractivity contribution in [3.8, 4) is 5.75 Å². The fourth-order valence-corrected chi connectivity index (χ4v) is 4.28. The Labute approximate surface area is 197 Å². The first kappa shape index (κ1) is 24.6. The van der Waals surface area contributed by atoms with Crippen LogP contribution in [0.1, 0.15) is 61.9 Å². The van der Waals surface area contributed by atoms with Gasteiger partial charge in [-0.25, -0.2) is 0 Å². The van der Waals surface area contributed by atoms with E-state index in [2.05, 4.69) is 63.0 Å². The second-order valence-electron chi connectivity index (χ2n) is 9.16. The smallest absolute Gasteiger partial charge is 0.261 e. The summed E-state index contributed by atoms with van der Waals surface area (Å²) in [6.45, 7) is 12.9. The van der Waals surface area contributed by atoms with Crippen LogP contribution in [0.2, 0.25) is 0 Å². The van der Waals surface area contributed by atoms with E-state index in [1.54, 1.807) is 6.08 Å². The average molecular weight is 449 g/mol. The van der Waals surface area contributed by atoms with E-state index in [1.165, 1.54) is 11.1 Å². The van der Waals surface area contributed by atoms with E-state index in [9.17, 15) is 9.59 Å². The van der Waals surface area contributed by atoms with Crippen molar-refractivity contribution in [3.05, 3.63) is 77.4 Å². The summed E-state index contributed by atoms with van der Waals surface area (Å²) in [7, 11) is 0. The first-order valence-electron chi connectivity index (χ1n) is 11.9. The summed E-state index contributed by atoms with van der Waals surface area (Å²) in [5, 5.41) is 2.81. The Hall–Kier alpha value is -3.08. The van der Waals surface area contributed by atoms with E-state index in [-0.39, 0.29) is 17.9 Å². The van der Waals surface area contributed by atoms with Crippen LogP contribution >= 0.6 is 0 Å². The SMILES string of the molecule is C=CCNC(=O)[C@H](CC)Oc1ccc2c(c1)[C@H](c1ccc(C)cc1)N(C(=O)CC(C)C)CC2. The minimum Gasteiger partial charge on any atom is -0.481 e. The Morgan fingerprint density at radius 1 is 1.21 bits per heavy atom. The van der Waals surface area contributed by atoms with Gasteiger partial charge >= 0.3 is 0 Å². The van der Waals surface area contributed by atoms with Gasteiger partial charge in [0.2, 0.25) is 5.91 Å². The summed E-state index contributed by atoms with van der Waals surface area (Å²) < 4.78 is 6.10. The van der Waals surface area contributed by atoms with Crippen LogP contribution in [0.3, 0.4) is 0 Å². The van der Waals surface area contributed by atoms with E-state index >= 15 is 0 Å². The molecule has 0 spiro atoms. The van der Waals surface area contributed by atoms with Crippen LogP contribution < -0.4 is 10.1 Å². The highest BCUT2D eigenvalue weighted by molar-refractivity contribution is 5.81. The predicted molar refractivity (Wildman–Crippen MR) is 132 cm³/mol. The molecule has 0 unspecified atom stereocenters. The summed E-state index contributed by atoms with van der Waals surface area (Å²) in [6.07, 6.45) is 2.95. The normalized spacial score (nSPS) is 16.2. The Bertz CT molecular complexity index is 981. The summed E-state index contributed by atoms with van der Waals surface area (Å²) in [5.74, 6) is 0.956. The van der Waals surface area contributed by atoms with Gasteiger partial charge in [0.25, 0.3) is 5.91 Å². The van der Waals surface area contributed by atoms with Crippen molar-refractivity contribution in [1.29, 1.82) is 0 Å². The van der Waals surface area contributed by atoms with Gasteiger partial charge in [-0.05, 0) is 54.5 Å². The van der Waals surface area contributed by atoms with E-state index in [0.29, 0.717) is 37.6 Å². The maximum atomic E-state index is 13.2. The number of hydrogen-bond donors (Lipinski definition) is 1. The van der Waals surface area contributed by atoms with E-state index in [0.717, 1.165) is 17.5 Å². The predicted octanol–water partition coefficient (Wildman–Crippen LogP) is 4.97. The number of nitrogens with one attached hydrogen (secondary N) is 1. The number of amides is 2.